The molecule has 0 aromatic heterocycles. The third-order valence-corrected chi connectivity index (χ3v) is 1.50. The van der Waals surface area contributed by atoms with Crippen LogP contribution in [-0.4, -0.2) is 35.9 Å². The van der Waals surface area contributed by atoms with Gasteiger partial charge in [-0.15, -0.1) is 0 Å². The summed E-state index contributed by atoms with van der Waals surface area (Å²) in [4.78, 5) is 22.2. The van der Waals surface area contributed by atoms with Crippen LogP contribution in [-0.2, 0) is 9.59 Å². The molecule has 6 heteroatoms. The van der Waals surface area contributed by atoms with Crippen molar-refractivity contribution in [3.8, 4) is 0 Å². The number of carbonyl (C=O) groups is 2. The third-order valence-electron chi connectivity index (χ3n) is 1.50. The van der Waals surface area contributed by atoms with E-state index in [4.69, 9.17) is 0 Å². The van der Waals surface area contributed by atoms with E-state index < -0.39 is 30.8 Å². The van der Waals surface area contributed by atoms with Crippen LogP contribution >= 0.6 is 0 Å². The first-order chi connectivity index (χ1) is 6.26. The Balaban J connectivity index is 4.27. The van der Waals surface area contributed by atoms with Gasteiger partial charge in [0.1, 0.15) is 12.3 Å². The molecule has 14 heavy (non-hydrogen) atoms. The molecule has 0 aromatic rings. The molecule has 0 aliphatic rings. The maximum atomic E-state index is 11.9. The minimum Gasteiger partial charge on any atom is -0.333 e. The SMILES string of the molecule is CCN(CC(F)(F)F)C(=O)CC(C)=O. The highest BCUT2D eigenvalue weighted by atomic mass is 19.4. The van der Waals surface area contributed by atoms with Gasteiger partial charge in [0, 0.05) is 6.54 Å². The second-order valence-corrected chi connectivity index (χ2v) is 2.90. The van der Waals surface area contributed by atoms with Gasteiger partial charge >= 0.3 is 6.18 Å². The van der Waals surface area contributed by atoms with Crippen LogP contribution in [0.5, 0.6) is 0 Å². The smallest absolute Gasteiger partial charge is 0.333 e. The number of halogens is 3. The fourth-order valence-corrected chi connectivity index (χ4v) is 0.918. The lowest BCUT2D eigenvalue weighted by Crippen LogP contribution is -2.39. The van der Waals surface area contributed by atoms with Crippen molar-refractivity contribution in [3.63, 3.8) is 0 Å². The molecule has 0 unspecified atom stereocenters. The third kappa shape index (κ3) is 5.55. The standard InChI is InChI=1S/C8H12F3NO2/c1-3-12(5-8(9,10)11)7(14)4-6(2)13/h3-5H2,1-2H3. The Morgan fingerprint density at radius 3 is 2.07 bits per heavy atom. The van der Waals surface area contributed by atoms with Gasteiger partial charge in [-0.05, 0) is 13.8 Å². The Morgan fingerprint density at radius 2 is 1.79 bits per heavy atom. The molecule has 0 bridgehead atoms. The van der Waals surface area contributed by atoms with Crippen LogP contribution in [0.15, 0.2) is 0 Å². The van der Waals surface area contributed by atoms with Gasteiger partial charge in [-0.2, -0.15) is 13.2 Å². The van der Waals surface area contributed by atoms with E-state index >= 15 is 0 Å². The summed E-state index contributed by atoms with van der Waals surface area (Å²) in [6, 6.07) is 0. The fourth-order valence-electron chi connectivity index (χ4n) is 0.918. The Labute approximate surface area is 79.9 Å². The zero-order chi connectivity index (χ0) is 11.4. The predicted molar refractivity (Wildman–Crippen MR) is 43.6 cm³/mol. The van der Waals surface area contributed by atoms with E-state index in [0.29, 0.717) is 4.90 Å². The Hall–Kier alpha value is -1.07. The van der Waals surface area contributed by atoms with Crippen LogP contribution in [0, 0.1) is 0 Å². The number of Topliss-reactive ketones (excluding diaryl/α,β-unsaturated/α-hetero) is 1. The lowest BCUT2D eigenvalue weighted by Gasteiger charge is -2.21. The maximum Gasteiger partial charge on any atom is 0.406 e. The van der Waals surface area contributed by atoms with Gasteiger partial charge in [-0.3, -0.25) is 9.59 Å². The largest absolute Gasteiger partial charge is 0.406 e. The van der Waals surface area contributed by atoms with Crippen LogP contribution in [0.4, 0.5) is 13.2 Å². The molecular weight excluding hydrogens is 199 g/mol. The van der Waals surface area contributed by atoms with E-state index in [0.717, 1.165) is 0 Å². The monoisotopic (exact) mass is 211 g/mol. The summed E-state index contributed by atoms with van der Waals surface area (Å²) in [6.45, 7) is 1.25. The number of carbonyl (C=O) groups excluding carboxylic acids is 2. The normalized spacial score (nSPS) is 11.2. The molecular formula is C8H12F3NO2. The number of ketones is 1. The van der Waals surface area contributed by atoms with Gasteiger partial charge in [0.2, 0.25) is 5.91 Å². The molecule has 0 heterocycles. The summed E-state index contributed by atoms with van der Waals surface area (Å²) in [7, 11) is 0. The summed E-state index contributed by atoms with van der Waals surface area (Å²) in [5.74, 6) is -1.21. The molecule has 0 aliphatic heterocycles. The molecule has 0 aliphatic carbocycles. The van der Waals surface area contributed by atoms with Crippen LogP contribution in [0.3, 0.4) is 0 Å². The molecule has 82 valence electrons. The van der Waals surface area contributed by atoms with Gasteiger partial charge in [-0.1, -0.05) is 0 Å². The lowest BCUT2D eigenvalue weighted by molar-refractivity contribution is -0.161. The minimum atomic E-state index is -4.41. The van der Waals surface area contributed by atoms with Crippen molar-refractivity contribution in [1.82, 2.24) is 4.90 Å². The summed E-state index contributed by atoms with van der Waals surface area (Å²) in [6.07, 6.45) is -4.88. The van der Waals surface area contributed by atoms with Crippen molar-refractivity contribution < 1.29 is 22.8 Å². The maximum absolute atomic E-state index is 11.9. The average Bonchev–Trinajstić information content (AvgIpc) is 1.96. The van der Waals surface area contributed by atoms with Crippen LogP contribution < -0.4 is 0 Å². The zero-order valence-electron chi connectivity index (χ0n) is 8.02. The first kappa shape index (κ1) is 12.9. The van der Waals surface area contributed by atoms with Gasteiger partial charge in [0.25, 0.3) is 0 Å². The second kappa shape index (κ2) is 4.97. The molecule has 0 fully saturated rings. The van der Waals surface area contributed by atoms with Crippen molar-refractivity contribution in [2.75, 3.05) is 13.1 Å². The van der Waals surface area contributed by atoms with Crippen LogP contribution in [0.1, 0.15) is 20.3 Å². The average molecular weight is 211 g/mol. The molecule has 0 aromatic carbocycles. The molecule has 0 radical (unpaired) electrons. The number of rotatable bonds is 4. The molecule has 3 nitrogen and oxygen atoms in total. The Bertz CT molecular complexity index is 225. The topological polar surface area (TPSA) is 37.4 Å². The van der Waals surface area contributed by atoms with Crippen LogP contribution in [0.2, 0.25) is 0 Å². The van der Waals surface area contributed by atoms with Gasteiger partial charge in [0.15, 0.2) is 0 Å². The number of amides is 1. The summed E-state index contributed by atoms with van der Waals surface area (Å²) < 4.78 is 35.7. The molecule has 0 saturated heterocycles. The van der Waals surface area contributed by atoms with Crippen molar-refractivity contribution in [2.24, 2.45) is 0 Å². The Morgan fingerprint density at radius 1 is 1.29 bits per heavy atom. The van der Waals surface area contributed by atoms with E-state index in [1.807, 2.05) is 0 Å². The minimum absolute atomic E-state index is 0.0500. The number of alkyl halides is 3. The molecule has 0 spiro atoms. The van der Waals surface area contributed by atoms with Crippen molar-refractivity contribution in [3.05, 3.63) is 0 Å². The van der Waals surface area contributed by atoms with Gasteiger partial charge in [0.05, 0.1) is 6.42 Å². The highest BCUT2D eigenvalue weighted by molar-refractivity contribution is 5.96. The first-order valence-corrected chi connectivity index (χ1v) is 4.10. The number of hydrogen-bond acceptors (Lipinski definition) is 2. The van der Waals surface area contributed by atoms with Crippen molar-refractivity contribution in [1.29, 1.82) is 0 Å². The summed E-state index contributed by atoms with van der Waals surface area (Å²) in [5.41, 5.74) is 0. The summed E-state index contributed by atoms with van der Waals surface area (Å²) >= 11 is 0. The molecule has 1 amide bonds. The van der Waals surface area contributed by atoms with E-state index in [9.17, 15) is 22.8 Å². The fraction of sp³-hybridized carbons (Fsp3) is 0.750. The highest BCUT2D eigenvalue weighted by Gasteiger charge is 2.32. The predicted octanol–water partition coefficient (Wildman–Crippen LogP) is 1.38. The van der Waals surface area contributed by atoms with Gasteiger partial charge < -0.3 is 4.90 Å². The van der Waals surface area contributed by atoms with Gasteiger partial charge in [-0.25, -0.2) is 0 Å². The van der Waals surface area contributed by atoms with E-state index in [2.05, 4.69) is 0 Å². The summed E-state index contributed by atoms with van der Waals surface area (Å²) in [5, 5.41) is 0. The van der Waals surface area contributed by atoms with Crippen LogP contribution in [0.25, 0.3) is 0 Å². The molecule has 0 saturated carbocycles. The number of nitrogens with zero attached hydrogens (tertiary/aromatic N) is 1. The zero-order valence-corrected chi connectivity index (χ0v) is 8.02. The lowest BCUT2D eigenvalue weighted by atomic mass is 10.3. The quantitative estimate of drug-likeness (QED) is 0.659. The highest BCUT2D eigenvalue weighted by Crippen LogP contribution is 2.16. The van der Waals surface area contributed by atoms with Crippen molar-refractivity contribution in [2.45, 2.75) is 26.4 Å². The van der Waals surface area contributed by atoms with E-state index in [1.54, 1.807) is 0 Å². The second-order valence-electron chi connectivity index (χ2n) is 2.90. The first-order valence-electron chi connectivity index (χ1n) is 4.10. The van der Waals surface area contributed by atoms with E-state index in [-0.39, 0.29) is 6.54 Å². The van der Waals surface area contributed by atoms with Crippen molar-refractivity contribution >= 4 is 11.7 Å². The molecule has 0 rings (SSSR count). The van der Waals surface area contributed by atoms with E-state index in [1.165, 1.54) is 13.8 Å². The number of hydrogen-bond donors (Lipinski definition) is 0. The molecule has 0 N–H and O–H groups in total. The molecule has 0 atom stereocenters. The Kier molecular flexibility index (Phi) is 4.59.